The van der Waals surface area contributed by atoms with Crippen molar-refractivity contribution >= 4 is 91.7 Å². The van der Waals surface area contributed by atoms with E-state index in [1.54, 1.807) is 42.1 Å². The van der Waals surface area contributed by atoms with Gasteiger partial charge in [0.05, 0.1) is 95.7 Å². The first-order valence-corrected chi connectivity index (χ1v) is 45.1. The lowest BCUT2D eigenvalue weighted by molar-refractivity contribution is -0.130. The maximum absolute atomic E-state index is 13.4. The molecule has 16 heterocycles. The number of ether oxygens (including phenoxy) is 1. The van der Waals surface area contributed by atoms with Gasteiger partial charge < -0.3 is 42.6 Å². The number of anilines is 3. The van der Waals surface area contributed by atoms with Crippen LogP contribution in [0.3, 0.4) is 0 Å². The molecule has 6 fully saturated rings. The molecular weight excluding hydrogens is 1640 g/mol. The Labute approximate surface area is 731 Å². The first kappa shape index (κ1) is 85.2. The number of hydrogen-bond acceptors (Lipinski definition) is 25. The zero-order chi connectivity index (χ0) is 86.1. The summed E-state index contributed by atoms with van der Waals surface area (Å²) in [5.74, 6) is 6.16. The molecule has 3 saturated heterocycles. The van der Waals surface area contributed by atoms with Crippen molar-refractivity contribution in [3.63, 3.8) is 0 Å². The van der Waals surface area contributed by atoms with Gasteiger partial charge in [0.1, 0.15) is 28.9 Å². The number of amides is 1. The number of likely N-dealkylation sites (N-methyl/N-ethyl adjacent to an activating group) is 1. The zero-order valence-corrected chi connectivity index (χ0v) is 73.8. The van der Waals surface area contributed by atoms with Crippen LogP contribution in [0.4, 0.5) is 17.8 Å². The van der Waals surface area contributed by atoms with Crippen molar-refractivity contribution in [2.45, 2.75) is 221 Å². The van der Waals surface area contributed by atoms with Gasteiger partial charge in [-0.1, -0.05) is 122 Å². The van der Waals surface area contributed by atoms with Gasteiger partial charge in [-0.15, -0.1) is 0 Å². The summed E-state index contributed by atoms with van der Waals surface area (Å²) in [5.41, 5.74) is 12.7. The van der Waals surface area contributed by atoms with Gasteiger partial charge >= 0.3 is 17.3 Å². The highest BCUT2D eigenvalue weighted by atomic mass is 35.5. The minimum Gasteiger partial charge on any atom is -0.377 e. The van der Waals surface area contributed by atoms with Crippen LogP contribution in [0, 0.1) is 42.4 Å². The second-order valence-electron chi connectivity index (χ2n) is 35.0. The van der Waals surface area contributed by atoms with E-state index in [9.17, 15) is 19.2 Å². The highest BCUT2D eigenvalue weighted by Gasteiger charge is 2.40. The highest BCUT2D eigenvalue weighted by Crippen LogP contribution is 2.46. The topological polar surface area (TPSA) is 373 Å². The molecule has 19 rings (SSSR count). The van der Waals surface area contributed by atoms with Crippen LogP contribution in [-0.2, 0) is 35.6 Å². The number of halogens is 3. The normalized spacial score (nSPS) is 21.2. The minimum atomic E-state index is -0.663. The van der Waals surface area contributed by atoms with E-state index in [1.165, 1.54) is 69.8 Å². The van der Waals surface area contributed by atoms with Gasteiger partial charge in [0, 0.05) is 112 Å². The van der Waals surface area contributed by atoms with Gasteiger partial charge in [-0.2, -0.15) is 0 Å². The summed E-state index contributed by atoms with van der Waals surface area (Å²) in [5, 5.41) is 17.6. The summed E-state index contributed by atoms with van der Waals surface area (Å²) in [6.45, 7) is 23.6. The zero-order valence-electron chi connectivity index (χ0n) is 71.5. The molecule has 3 N–H and O–H groups in total. The Morgan fingerprint density at radius 2 is 0.879 bits per heavy atom. The van der Waals surface area contributed by atoms with E-state index in [1.807, 2.05) is 57.3 Å². The van der Waals surface area contributed by atoms with Crippen molar-refractivity contribution < 1.29 is 27.6 Å². The van der Waals surface area contributed by atoms with Crippen LogP contribution in [0.25, 0.3) is 101 Å². The summed E-state index contributed by atoms with van der Waals surface area (Å²) in [6, 6.07) is 11.2. The molecule has 6 aliphatic rings. The molecule has 0 bridgehead atoms. The van der Waals surface area contributed by atoms with E-state index in [-0.39, 0.29) is 47.6 Å². The number of imidazole rings is 3. The fourth-order valence-corrected chi connectivity index (χ4v) is 19.7. The number of nitrogens with zero attached hydrogens (tertiary/aromatic N) is 20. The van der Waals surface area contributed by atoms with E-state index in [0.717, 1.165) is 188 Å². The Morgan fingerprint density at radius 1 is 0.492 bits per heavy atom. The molecule has 13 aromatic heterocycles. The quantitative estimate of drug-likeness (QED) is 0.0567. The number of rotatable bonds is 22. The Morgan fingerprint density at radius 3 is 1.27 bits per heavy atom. The van der Waals surface area contributed by atoms with Crippen molar-refractivity contribution in [2.75, 3.05) is 54.5 Å². The van der Waals surface area contributed by atoms with Crippen molar-refractivity contribution in [1.29, 1.82) is 0 Å². The first-order chi connectivity index (χ1) is 60.1. The smallest absolute Gasteiger partial charge is 0.377 e. The third-order valence-corrected chi connectivity index (χ3v) is 26.5. The predicted octanol–water partition coefficient (Wildman–Crippen LogP) is 17.0. The molecule has 3 atom stereocenters. The van der Waals surface area contributed by atoms with Crippen LogP contribution in [0.5, 0.6) is 0 Å². The maximum Gasteiger partial charge on any atom is 0.439 e. The SMILES string of the molecule is CC1CCC(Cn2c(N3CCCC3COC(C)C)nc3cc(-c4noc(=O)[nH]4)nc(-c4cncc(Cl)c4)c32)CC1.CCN(C)C(=O)[C@H]1CCCN1c1nc2cc(-c3noc(=O)[nH]3)nc(-c3cncc(Cl)c3)c2n1CC1CCC(C)CC1.CCc1noc(C)c1C1CCCN1c1nc2cc(-c3noc(=O)[nH]3)nc(-c3cncc(Cl)c3)c2n1CC1CCC(C)CC1. The van der Waals surface area contributed by atoms with Crippen molar-refractivity contribution in [3.05, 3.63) is 137 Å². The van der Waals surface area contributed by atoms with E-state index in [4.69, 9.17) is 87.5 Å². The third-order valence-electron chi connectivity index (χ3n) is 25.9. The summed E-state index contributed by atoms with van der Waals surface area (Å²) in [7, 11) is 1.85. The lowest BCUT2D eigenvalue weighted by atomic mass is 9.83. The molecule has 35 heteroatoms. The van der Waals surface area contributed by atoms with Gasteiger partial charge in [-0.3, -0.25) is 48.3 Å². The number of aryl methyl sites for hydroxylation is 2. The number of aromatic nitrogens is 19. The molecule has 124 heavy (non-hydrogen) atoms. The Kier molecular flexibility index (Phi) is 25.5. The highest BCUT2D eigenvalue weighted by molar-refractivity contribution is 6.31. The van der Waals surface area contributed by atoms with Crippen LogP contribution in [-0.4, -0.2) is 163 Å². The van der Waals surface area contributed by atoms with Gasteiger partial charge in [-0.25, -0.2) is 44.3 Å². The van der Waals surface area contributed by atoms with Crippen LogP contribution < -0.4 is 32.0 Å². The van der Waals surface area contributed by atoms with Crippen molar-refractivity contribution in [2.24, 2.45) is 35.5 Å². The molecule has 0 aromatic carbocycles. The number of H-pyrrole nitrogens is 3. The summed E-state index contributed by atoms with van der Waals surface area (Å²) in [6.07, 6.45) is 31.3. The molecule has 32 nitrogen and oxygen atoms in total. The molecule has 3 aliphatic heterocycles. The maximum atomic E-state index is 13.4. The van der Waals surface area contributed by atoms with Crippen LogP contribution in [0.1, 0.15) is 187 Å². The van der Waals surface area contributed by atoms with Gasteiger partial charge in [-0.05, 0) is 183 Å². The molecule has 1 amide bonds. The number of nitrogens with one attached hydrogen (secondary N) is 3. The Balaban J connectivity index is 0.000000132. The molecule has 3 aliphatic carbocycles. The fraction of sp³-hybridized carbons (Fsp3) is 0.517. The largest absolute Gasteiger partial charge is 0.439 e. The summed E-state index contributed by atoms with van der Waals surface area (Å²) in [4.78, 5) is 109. The van der Waals surface area contributed by atoms with Gasteiger partial charge in [0.2, 0.25) is 41.2 Å². The van der Waals surface area contributed by atoms with Crippen molar-refractivity contribution in [3.8, 4) is 68.3 Å². The number of fused-ring (bicyclic) bond motifs is 3. The van der Waals surface area contributed by atoms with Crippen LogP contribution in [0.2, 0.25) is 15.1 Å². The third kappa shape index (κ3) is 18.2. The summed E-state index contributed by atoms with van der Waals surface area (Å²) < 4.78 is 33.1. The number of carbonyl (C=O) groups excluding carboxylic acids is 1. The Bertz CT molecular complexity index is 6150. The van der Waals surface area contributed by atoms with E-state index >= 15 is 0 Å². The minimum absolute atomic E-state index is 0.105. The molecule has 652 valence electrons. The number of carbonyl (C=O) groups is 1. The molecule has 0 spiro atoms. The lowest BCUT2D eigenvalue weighted by Gasteiger charge is -2.31. The lowest BCUT2D eigenvalue weighted by Crippen LogP contribution is -2.45. The van der Waals surface area contributed by atoms with E-state index < -0.39 is 17.3 Å². The van der Waals surface area contributed by atoms with Crippen LogP contribution >= 0.6 is 34.8 Å². The Hall–Kier alpha value is -11.0. The average molecular weight is 1750 g/mol. The second kappa shape index (κ2) is 37.1. The van der Waals surface area contributed by atoms with Gasteiger partial charge in [0.15, 0.2) is 0 Å². The van der Waals surface area contributed by atoms with Crippen molar-refractivity contribution in [1.82, 2.24) is 99.0 Å². The first-order valence-electron chi connectivity index (χ1n) is 43.9. The van der Waals surface area contributed by atoms with E-state index in [2.05, 4.69) is 120 Å². The van der Waals surface area contributed by atoms with Crippen LogP contribution in [0.15, 0.2) is 106 Å². The number of pyridine rings is 6. The molecule has 0 radical (unpaired) electrons. The molecule has 2 unspecified atom stereocenters. The number of aromatic amines is 3. The standard InChI is InChI=1S/C31H35ClN8O3.C29H35ClN8O3.C29H36ClN7O3/c1-4-22-26(18(3)42-37-22)25-6-5-11-39(25)30-35-23-13-24(29-36-31(41)43-38-29)34-27(20-12-21(32)15-33-14-20)28(23)40(30)16-19-9-7-17(2)8-10-19;1-4-36(3)27(39)23-6-5-11-37(23)28-33-21-13-22(26-34-29(40)41-35-26)32-24(19-12-20(30)15-31-14-19)25(21)38(28)16-18-9-7-17(2)8-10-18;1-17(2)39-16-22-5-4-10-36(22)28-33-23-12-24(27-34-29(38)40-35-27)32-25(20-11-21(30)14-31-13-20)26(23)37(28)15-19-8-6-18(3)7-9-19/h12-15,17,19,25H,4-11,16H2,1-3H3,(H,36,38,41);12-15,17-18,23H,4-11,16H2,1-3H3,(H,34,35,40);11-14,17-19,22H,4-10,15-16H2,1-3H3,(H,34,35,38)/t;17?,18?,23-;/m.1./s1. The summed E-state index contributed by atoms with van der Waals surface area (Å²) >= 11 is 19.2. The van der Waals surface area contributed by atoms with Gasteiger partial charge in [0.25, 0.3) is 0 Å². The molecular formula is C89H106Cl3N23O9. The average Bonchev–Trinajstić information content (AvgIpc) is 1.61. The number of hydrogen-bond donors (Lipinski definition) is 3. The monoisotopic (exact) mass is 1750 g/mol. The second-order valence-corrected chi connectivity index (χ2v) is 36.3. The molecule has 3 saturated carbocycles. The van der Waals surface area contributed by atoms with E-state index in [0.29, 0.717) is 85.7 Å². The predicted molar refractivity (Wildman–Crippen MR) is 474 cm³/mol. The fourth-order valence-electron chi connectivity index (χ4n) is 19.2. The molecule has 13 aromatic rings.